The molecule has 128 valence electrons. The summed E-state index contributed by atoms with van der Waals surface area (Å²) < 4.78 is 41.2. The lowest BCUT2D eigenvalue weighted by atomic mass is 10.1. The first-order chi connectivity index (χ1) is 11.4. The van der Waals surface area contributed by atoms with Crippen LogP contribution in [0, 0.1) is 0 Å². The van der Waals surface area contributed by atoms with Crippen molar-refractivity contribution < 1.29 is 22.7 Å². The van der Waals surface area contributed by atoms with Gasteiger partial charge in [-0.2, -0.15) is 18.3 Å². The first kappa shape index (κ1) is 16.3. The van der Waals surface area contributed by atoms with Crippen LogP contribution in [-0.2, 0) is 13.0 Å². The van der Waals surface area contributed by atoms with Gasteiger partial charge in [0.1, 0.15) is 5.75 Å². The van der Waals surface area contributed by atoms with E-state index in [4.69, 9.17) is 0 Å². The van der Waals surface area contributed by atoms with Gasteiger partial charge in [-0.05, 0) is 12.1 Å². The number of alkyl halides is 3. The number of ether oxygens (including phenoxy) is 1. The molecule has 0 radical (unpaired) electrons. The molecule has 1 aromatic carbocycles. The molecule has 0 unspecified atom stereocenters. The second-order valence-corrected chi connectivity index (χ2v) is 5.34. The maximum atomic E-state index is 12.3. The highest BCUT2D eigenvalue weighted by molar-refractivity contribution is 6.04. The summed E-state index contributed by atoms with van der Waals surface area (Å²) in [5.74, 6) is -0.403. The minimum atomic E-state index is -4.42. The number of carbonyl (C=O) groups excluding carboxylic acids is 1. The van der Waals surface area contributed by atoms with Gasteiger partial charge in [-0.3, -0.25) is 9.89 Å². The third-order valence-corrected chi connectivity index (χ3v) is 3.52. The molecule has 0 saturated heterocycles. The zero-order chi connectivity index (χ0) is 17.2. The van der Waals surface area contributed by atoms with Gasteiger partial charge in [0, 0.05) is 42.5 Å². The number of carbonyl (C=O) groups is 1. The number of fused-ring (bicyclic) bond motifs is 1. The molecule has 0 fully saturated rings. The molecule has 3 rings (SSSR count). The highest BCUT2D eigenvalue weighted by atomic mass is 19.4. The molecule has 1 aliphatic heterocycles. The van der Waals surface area contributed by atoms with E-state index in [0.29, 0.717) is 12.2 Å². The highest BCUT2D eigenvalue weighted by Gasteiger charge is 2.28. The second kappa shape index (κ2) is 6.52. The fourth-order valence-electron chi connectivity index (χ4n) is 2.43. The molecule has 1 amide bonds. The van der Waals surface area contributed by atoms with Crippen LogP contribution in [0.1, 0.15) is 21.7 Å². The number of halogens is 3. The predicted molar refractivity (Wildman–Crippen MR) is 79.9 cm³/mol. The van der Waals surface area contributed by atoms with E-state index >= 15 is 0 Å². The number of benzene rings is 1. The van der Waals surface area contributed by atoms with E-state index in [1.807, 2.05) is 0 Å². The summed E-state index contributed by atoms with van der Waals surface area (Å²) in [5.41, 5.74) is 2.34. The number of amides is 1. The lowest BCUT2D eigenvalue weighted by molar-refractivity contribution is -0.153. The van der Waals surface area contributed by atoms with Crippen LogP contribution < -0.4 is 15.4 Å². The summed E-state index contributed by atoms with van der Waals surface area (Å²) in [7, 11) is 0. The number of aromatic nitrogens is 2. The smallest absolute Gasteiger partial charge is 0.422 e. The van der Waals surface area contributed by atoms with Gasteiger partial charge in [0.25, 0.3) is 5.91 Å². The van der Waals surface area contributed by atoms with Crippen molar-refractivity contribution in [1.29, 1.82) is 0 Å². The molecule has 0 atom stereocenters. The van der Waals surface area contributed by atoms with Gasteiger partial charge in [0.05, 0.1) is 0 Å². The number of nitrogens with zero attached hydrogens (tertiary/aromatic N) is 1. The average molecular weight is 340 g/mol. The van der Waals surface area contributed by atoms with E-state index < -0.39 is 18.7 Å². The van der Waals surface area contributed by atoms with E-state index in [1.54, 1.807) is 6.07 Å². The maximum Gasteiger partial charge on any atom is 0.422 e. The van der Waals surface area contributed by atoms with E-state index in [-0.39, 0.29) is 11.4 Å². The quantitative estimate of drug-likeness (QED) is 0.798. The predicted octanol–water partition coefficient (Wildman–Crippen LogP) is 2.25. The van der Waals surface area contributed by atoms with Gasteiger partial charge >= 0.3 is 6.18 Å². The lowest BCUT2D eigenvalue weighted by Crippen LogP contribution is -2.25. The van der Waals surface area contributed by atoms with Crippen molar-refractivity contribution in [2.45, 2.75) is 19.1 Å². The molecule has 2 heterocycles. The third-order valence-electron chi connectivity index (χ3n) is 3.52. The average Bonchev–Trinajstić information content (AvgIpc) is 2.97. The van der Waals surface area contributed by atoms with Gasteiger partial charge in [-0.25, -0.2) is 0 Å². The number of rotatable bonds is 4. The Morgan fingerprint density at radius 2 is 2.21 bits per heavy atom. The first-order valence-electron chi connectivity index (χ1n) is 7.30. The summed E-state index contributed by atoms with van der Waals surface area (Å²) in [6.07, 6.45) is -3.66. The number of anilines is 1. The Morgan fingerprint density at radius 3 is 3.00 bits per heavy atom. The largest absolute Gasteiger partial charge is 0.484 e. The molecule has 3 N–H and O–H groups in total. The molecule has 1 aliphatic rings. The molecule has 6 nitrogen and oxygen atoms in total. The molecular weight excluding hydrogens is 325 g/mol. The van der Waals surface area contributed by atoms with Crippen LogP contribution in [0.15, 0.2) is 24.3 Å². The molecule has 1 aromatic heterocycles. The molecule has 0 bridgehead atoms. The van der Waals surface area contributed by atoms with Gasteiger partial charge in [0.15, 0.2) is 12.3 Å². The Bertz CT molecular complexity index is 743. The fourth-order valence-corrected chi connectivity index (χ4v) is 2.43. The Labute approximate surface area is 135 Å². The monoisotopic (exact) mass is 340 g/mol. The number of nitrogens with one attached hydrogen (secondary N) is 3. The van der Waals surface area contributed by atoms with Crippen LogP contribution >= 0.6 is 0 Å². The van der Waals surface area contributed by atoms with Crippen molar-refractivity contribution >= 4 is 11.6 Å². The lowest BCUT2D eigenvalue weighted by Gasteiger charge is -2.13. The summed E-state index contributed by atoms with van der Waals surface area (Å²) in [6, 6.07) is 5.79. The molecule has 9 heteroatoms. The molecule has 0 saturated carbocycles. The normalized spacial score (nSPS) is 14.1. The highest BCUT2D eigenvalue weighted by Crippen LogP contribution is 2.22. The van der Waals surface area contributed by atoms with Gasteiger partial charge in [-0.1, -0.05) is 6.07 Å². The second-order valence-electron chi connectivity index (χ2n) is 5.34. The summed E-state index contributed by atoms with van der Waals surface area (Å²) >= 11 is 0. The standard InChI is InChI=1S/C15H15F3N4O2/c16-15(17,18)8-24-10-3-1-2-9(6-10)20-14(23)13-11-7-19-5-4-12(11)21-22-13/h1-3,6,19H,4-5,7-8H2,(H,20,23)(H,21,22). The third kappa shape index (κ3) is 3.85. The van der Waals surface area contributed by atoms with Crippen molar-refractivity contribution in [2.24, 2.45) is 0 Å². The molecule has 2 aromatic rings. The SMILES string of the molecule is O=C(Nc1cccc(OCC(F)(F)F)c1)c1n[nH]c2c1CNCC2. The van der Waals surface area contributed by atoms with Crippen LogP contribution in [0.3, 0.4) is 0 Å². The number of H-pyrrole nitrogens is 1. The Kier molecular flexibility index (Phi) is 4.43. The molecule has 24 heavy (non-hydrogen) atoms. The fraction of sp³-hybridized carbons (Fsp3) is 0.333. The van der Waals surface area contributed by atoms with Crippen molar-refractivity contribution in [3.63, 3.8) is 0 Å². The van der Waals surface area contributed by atoms with Crippen LogP contribution in [-0.4, -0.2) is 35.4 Å². The number of hydrogen-bond donors (Lipinski definition) is 3. The van der Waals surface area contributed by atoms with E-state index in [2.05, 4.69) is 25.6 Å². The van der Waals surface area contributed by atoms with E-state index in [1.165, 1.54) is 18.2 Å². The number of hydrogen-bond acceptors (Lipinski definition) is 4. The Hall–Kier alpha value is -2.55. The van der Waals surface area contributed by atoms with Crippen LogP contribution in [0.5, 0.6) is 5.75 Å². The minimum Gasteiger partial charge on any atom is -0.484 e. The van der Waals surface area contributed by atoms with Crippen LogP contribution in [0.2, 0.25) is 0 Å². The van der Waals surface area contributed by atoms with E-state index in [9.17, 15) is 18.0 Å². The zero-order valence-electron chi connectivity index (χ0n) is 12.5. The number of aromatic amines is 1. The van der Waals surface area contributed by atoms with Crippen LogP contribution in [0.4, 0.5) is 18.9 Å². The Morgan fingerprint density at radius 1 is 1.38 bits per heavy atom. The van der Waals surface area contributed by atoms with Gasteiger partial charge < -0.3 is 15.4 Å². The van der Waals surface area contributed by atoms with Crippen molar-refractivity contribution in [1.82, 2.24) is 15.5 Å². The topological polar surface area (TPSA) is 79.0 Å². The summed E-state index contributed by atoms with van der Waals surface area (Å²) in [4.78, 5) is 12.3. The first-order valence-corrected chi connectivity index (χ1v) is 7.30. The summed E-state index contributed by atoms with van der Waals surface area (Å²) in [5, 5.41) is 12.6. The summed E-state index contributed by atoms with van der Waals surface area (Å²) in [6.45, 7) is -0.0267. The zero-order valence-corrected chi connectivity index (χ0v) is 12.5. The molecular formula is C15H15F3N4O2. The maximum absolute atomic E-state index is 12.3. The van der Waals surface area contributed by atoms with Crippen molar-refractivity contribution in [2.75, 3.05) is 18.5 Å². The van der Waals surface area contributed by atoms with Crippen molar-refractivity contribution in [3.8, 4) is 5.75 Å². The van der Waals surface area contributed by atoms with Crippen LogP contribution in [0.25, 0.3) is 0 Å². The molecule has 0 spiro atoms. The Balaban J connectivity index is 1.69. The molecule has 0 aliphatic carbocycles. The van der Waals surface area contributed by atoms with E-state index in [0.717, 1.165) is 24.2 Å². The van der Waals surface area contributed by atoms with Gasteiger partial charge in [0.2, 0.25) is 0 Å². The van der Waals surface area contributed by atoms with Gasteiger partial charge in [-0.15, -0.1) is 0 Å². The minimum absolute atomic E-state index is 0.0239. The van der Waals surface area contributed by atoms with Crippen molar-refractivity contribution in [3.05, 3.63) is 41.2 Å².